The molecule has 1 fully saturated rings. The second-order valence-electron chi connectivity index (χ2n) is 7.09. The standard InChI is InChI=1S/C21H21N3O6S/c25-20-18(15-3-5-16(6-4-15)24(27)28)19(31-14-17-2-1-11-30-17)21(26)23(20)8-7-22-9-12-29-13-10-22/h1-6,11H,7-10,12-14H2. The minimum atomic E-state index is -0.499. The second-order valence-corrected chi connectivity index (χ2v) is 8.08. The zero-order valence-corrected chi connectivity index (χ0v) is 17.5. The first-order valence-electron chi connectivity index (χ1n) is 9.85. The van der Waals surface area contributed by atoms with E-state index in [0.29, 0.717) is 41.7 Å². The van der Waals surface area contributed by atoms with Crippen LogP contribution in [-0.4, -0.2) is 65.9 Å². The second kappa shape index (κ2) is 9.46. The van der Waals surface area contributed by atoms with Crippen LogP contribution in [0.1, 0.15) is 11.3 Å². The van der Waals surface area contributed by atoms with Crippen molar-refractivity contribution in [3.8, 4) is 0 Å². The van der Waals surface area contributed by atoms with Gasteiger partial charge in [0.15, 0.2) is 0 Å². The summed E-state index contributed by atoms with van der Waals surface area (Å²) in [5.41, 5.74) is 0.688. The number of ether oxygens (including phenoxy) is 1. The number of hydrogen-bond acceptors (Lipinski definition) is 8. The summed E-state index contributed by atoms with van der Waals surface area (Å²) in [4.78, 5) is 40.6. The molecule has 0 N–H and O–H groups in total. The third-order valence-electron chi connectivity index (χ3n) is 5.17. The number of nitro groups is 1. The molecule has 9 nitrogen and oxygen atoms in total. The summed E-state index contributed by atoms with van der Waals surface area (Å²) in [5.74, 6) is 0.361. The Kier molecular flexibility index (Phi) is 6.50. The van der Waals surface area contributed by atoms with Crippen LogP contribution in [-0.2, 0) is 20.1 Å². The maximum atomic E-state index is 13.2. The van der Waals surface area contributed by atoms with Gasteiger partial charge in [-0.1, -0.05) is 0 Å². The third kappa shape index (κ3) is 4.71. The monoisotopic (exact) mass is 443 g/mol. The number of carbonyl (C=O) groups excluding carboxylic acids is 2. The van der Waals surface area contributed by atoms with E-state index in [1.165, 1.54) is 40.9 Å². The predicted molar refractivity (Wildman–Crippen MR) is 114 cm³/mol. The quantitative estimate of drug-likeness (QED) is 0.348. The van der Waals surface area contributed by atoms with Gasteiger partial charge in [0.2, 0.25) is 0 Å². The van der Waals surface area contributed by atoms with Gasteiger partial charge in [-0.2, -0.15) is 0 Å². The number of carbonyl (C=O) groups is 2. The van der Waals surface area contributed by atoms with E-state index in [1.807, 2.05) is 0 Å². The SMILES string of the molecule is O=C1C(SCc2ccco2)=C(c2ccc([N+](=O)[O-])cc2)C(=O)N1CCN1CCOCC1. The smallest absolute Gasteiger partial charge is 0.269 e. The molecule has 0 aliphatic carbocycles. The Morgan fingerprint density at radius 2 is 1.77 bits per heavy atom. The van der Waals surface area contributed by atoms with E-state index in [0.717, 1.165) is 13.1 Å². The van der Waals surface area contributed by atoms with Crippen LogP contribution in [0.5, 0.6) is 0 Å². The van der Waals surface area contributed by atoms with Gasteiger partial charge in [-0.25, -0.2) is 0 Å². The number of furan rings is 1. The number of hydrogen-bond donors (Lipinski definition) is 0. The molecule has 2 aliphatic rings. The summed E-state index contributed by atoms with van der Waals surface area (Å²) in [7, 11) is 0. The average Bonchev–Trinajstić information content (AvgIpc) is 3.38. The number of benzene rings is 1. The van der Waals surface area contributed by atoms with Crippen molar-refractivity contribution in [3.05, 3.63) is 69.0 Å². The molecule has 1 aromatic heterocycles. The Labute approximate surface area is 182 Å². The van der Waals surface area contributed by atoms with E-state index in [4.69, 9.17) is 9.15 Å². The molecule has 0 spiro atoms. The molecular formula is C21H21N3O6S. The molecule has 4 rings (SSSR count). The van der Waals surface area contributed by atoms with Gasteiger partial charge in [0.05, 0.1) is 40.6 Å². The molecule has 0 unspecified atom stereocenters. The van der Waals surface area contributed by atoms with Crippen LogP contribution in [0.25, 0.3) is 5.57 Å². The first kappa shape index (κ1) is 21.3. The highest BCUT2D eigenvalue weighted by molar-refractivity contribution is 8.03. The first-order valence-corrected chi connectivity index (χ1v) is 10.8. The highest BCUT2D eigenvalue weighted by Crippen LogP contribution is 2.38. The maximum absolute atomic E-state index is 13.2. The Morgan fingerprint density at radius 3 is 2.42 bits per heavy atom. The number of morpholine rings is 1. The van der Waals surface area contributed by atoms with Gasteiger partial charge < -0.3 is 9.15 Å². The summed E-state index contributed by atoms with van der Waals surface area (Å²) >= 11 is 1.24. The Hall–Kier alpha value is -2.95. The molecule has 1 aromatic carbocycles. The van der Waals surface area contributed by atoms with Gasteiger partial charge in [0, 0.05) is 38.3 Å². The highest BCUT2D eigenvalue weighted by Gasteiger charge is 2.39. The molecule has 0 atom stereocenters. The van der Waals surface area contributed by atoms with Crippen LogP contribution >= 0.6 is 11.8 Å². The lowest BCUT2D eigenvalue weighted by Crippen LogP contribution is -2.43. The molecule has 2 aromatic rings. The van der Waals surface area contributed by atoms with Gasteiger partial charge in [-0.15, -0.1) is 11.8 Å². The zero-order valence-electron chi connectivity index (χ0n) is 16.7. The Bertz CT molecular complexity index is 997. The molecule has 162 valence electrons. The van der Waals surface area contributed by atoms with Crippen molar-refractivity contribution in [2.45, 2.75) is 5.75 Å². The van der Waals surface area contributed by atoms with Crippen molar-refractivity contribution >= 4 is 34.8 Å². The molecule has 2 aliphatic heterocycles. The van der Waals surface area contributed by atoms with Crippen molar-refractivity contribution < 1.29 is 23.7 Å². The molecule has 2 amide bonds. The molecule has 31 heavy (non-hydrogen) atoms. The number of nitrogens with zero attached hydrogens (tertiary/aromatic N) is 3. The van der Waals surface area contributed by atoms with E-state index >= 15 is 0 Å². The van der Waals surface area contributed by atoms with Gasteiger partial charge in [-0.3, -0.25) is 29.5 Å². The van der Waals surface area contributed by atoms with Crippen molar-refractivity contribution in [2.75, 3.05) is 39.4 Å². The Balaban J connectivity index is 1.57. The summed E-state index contributed by atoms with van der Waals surface area (Å²) in [6, 6.07) is 9.26. The number of amides is 2. The zero-order chi connectivity index (χ0) is 21.8. The lowest BCUT2D eigenvalue weighted by Gasteiger charge is -2.28. The number of rotatable bonds is 8. The van der Waals surface area contributed by atoms with Crippen LogP contribution in [0.3, 0.4) is 0 Å². The molecule has 10 heteroatoms. The van der Waals surface area contributed by atoms with E-state index in [-0.39, 0.29) is 29.6 Å². The molecule has 0 radical (unpaired) electrons. The van der Waals surface area contributed by atoms with Crippen LogP contribution < -0.4 is 0 Å². The molecule has 1 saturated heterocycles. The van der Waals surface area contributed by atoms with E-state index < -0.39 is 4.92 Å². The van der Waals surface area contributed by atoms with Gasteiger partial charge in [-0.05, 0) is 29.8 Å². The van der Waals surface area contributed by atoms with E-state index in [9.17, 15) is 19.7 Å². The number of non-ortho nitro benzene ring substituents is 1. The van der Waals surface area contributed by atoms with Gasteiger partial charge >= 0.3 is 0 Å². The number of imide groups is 1. The lowest BCUT2D eigenvalue weighted by molar-refractivity contribution is -0.384. The fraction of sp³-hybridized carbons (Fsp3) is 0.333. The average molecular weight is 443 g/mol. The van der Waals surface area contributed by atoms with Gasteiger partial charge in [0.25, 0.3) is 17.5 Å². The summed E-state index contributed by atoms with van der Waals surface area (Å²) in [6.45, 7) is 3.65. The van der Waals surface area contributed by atoms with Crippen LogP contribution in [0, 0.1) is 10.1 Å². The molecule has 0 bridgehead atoms. The number of thioether (sulfide) groups is 1. The molecule has 0 saturated carbocycles. The Morgan fingerprint density at radius 1 is 1.03 bits per heavy atom. The minimum Gasteiger partial charge on any atom is -0.468 e. The lowest BCUT2D eigenvalue weighted by atomic mass is 10.1. The largest absolute Gasteiger partial charge is 0.468 e. The fourth-order valence-corrected chi connectivity index (χ4v) is 4.53. The fourth-order valence-electron chi connectivity index (χ4n) is 3.50. The third-order valence-corrected chi connectivity index (χ3v) is 6.27. The summed E-state index contributed by atoms with van der Waals surface area (Å²) in [5, 5.41) is 11.0. The van der Waals surface area contributed by atoms with Crippen LogP contribution in [0.2, 0.25) is 0 Å². The van der Waals surface area contributed by atoms with Crippen LogP contribution in [0.4, 0.5) is 5.69 Å². The minimum absolute atomic E-state index is 0.0740. The maximum Gasteiger partial charge on any atom is 0.269 e. The highest BCUT2D eigenvalue weighted by atomic mass is 32.2. The van der Waals surface area contributed by atoms with Crippen molar-refractivity contribution in [1.29, 1.82) is 0 Å². The van der Waals surface area contributed by atoms with Gasteiger partial charge in [0.1, 0.15) is 5.76 Å². The first-order chi connectivity index (χ1) is 15.0. The summed E-state index contributed by atoms with van der Waals surface area (Å²) < 4.78 is 10.7. The summed E-state index contributed by atoms with van der Waals surface area (Å²) in [6.07, 6.45) is 1.55. The van der Waals surface area contributed by atoms with E-state index in [1.54, 1.807) is 18.4 Å². The topological polar surface area (TPSA) is 106 Å². The predicted octanol–water partition coefficient (Wildman–Crippen LogP) is 2.53. The molecule has 3 heterocycles. The van der Waals surface area contributed by atoms with Crippen LogP contribution in [0.15, 0.2) is 52.0 Å². The molecular weight excluding hydrogens is 422 g/mol. The van der Waals surface area contributed by atoms with Crippen molar-refractivity contribution in [3.63, 3.8) is 0 Å². The van der Waals surface area contributed by atoms with Crippen molar-refractivity contribution in [2.24, 2.45) is 0 Å². The van der Waals surface area contributed by atoms with Crippen molar-refractivity contribution in [1.82, 2.24) is 9.80 Å². The number of nitro benzene ring substituents is 1. The van der Waals surface area contributed by atoms with E-state index in [2.05, 4.69) is 4.90 Å². The normalized spacial score (nSPS) is 17.6.